The van der Waals surface area contributed by atoms with Crippen molar-refractivity contribution in [3.8, 4) is 0 Å². The Hall–Kier alpha value is -1.88. The van der Waals surface area contributed by atoms with E-state index in [1.54, 1.807) is 31.6 Å². The number of methoxy groups -OCH3 is 1. The summed E-state index contributed by atoms with van der Waals surface area (Å²) in [6.07, 6.45) is 3.76. The van der Waals surface area contributed by atoms with Crippen LogP contribution in [0.4, 0.5) is 0 Å². The van der Waals surface area contributed by atoms with Gasteiger partial charge < -0.3 is 14.4 Å². The van der Waals surface area contributed by atoms with Crippen LogP contribution >= 0.6 is 0 Å². The van der Waals surface area contributed by atoms with Crippen LogP contribution in [0.3, 0.4) is 0 Å². The van der Waals surface area contributed by atoms with E-state index in [-0.39, 0.29) is 11.6 Å². The first-order valence-electron chi connectivity index (χ1n) is 6.36. The normalized spacial score (nSPS) is 12.7. The third kappa shape index (κ3) is 2.76. The highest BCUT2D eigenvalue weighted by Crippen LogP contribution is 2.22. The summed E-state index contributed by atoms with van der Waals surface area (Å²) in [6.45, 7) is 2.71. The zero-order chi connectivity index (χ0) is 13.8. The molecule has 0 bridgehead atoms. The summed E-state index contributed by atoms with van der Waals surface area (Å²) in [5.74, 6) is -0.923. The molecule has 0 aliphatic heterocycles. The third-order valence-electron chi connectivity index (χ3n) is 3.20. The lowest BCUT2D eigenvalue weighted by Crippen LogP contribution is -2.13. The number of imidazole rings is 1. The summed E-state index contributed by atoms with van der Waals surface area (Å²) in [6, 6.07) is 5.17. The quantitative estimate of drug-likeness (QED) is 0.869. The standard InChI is InChI=1S/C14H18N2O3/c1-3-4-11(8-19-2)16-9-15-12-6-5-10(14(17)18)7-13(12)16/h5-7,9,11H,3-4,8H2,1-2H3,(H,17,18). The largest absolute Gasteiger partial charge is 0.478 e. The number of aromatic nitrogens is 2. The predicted octanol–water partition coefficient (Wildman–Crippen LogP) is 2.72. The number of rotatable bonds is 6. The van der Waals surface area contributed by atoms with Crippen molar-refractivity contribution in [2.75, 3.05) is 13.7 Å². The average Bonchev–Trinajstić information content (AvgIpc) is 2.81. The van der Waals surface area contributed by atoms with Gasteiger partial charge in [0.2, 0.25) is 0 Å². The molecule has 0 spiro atoms. The van der Waals surface area contributed by atoms with Crippen LogP contribution < -0.4 is 0 Å². The summed E-state index contributed by atoms with van der Waals surface area (Å²) in [4.78, 5) is 15.4. The molecule has 1 heterocycles. The van der Waals surface area contributed by atoms with Gasteiger partial charge in [0.15, 0.2) is 0 Å². The van der Waals surface area contributed by atoms with E-state index in [1.165, 1.54) is 0 Å². The van der Waals surface area contributed by atoms with Gasteiger partial charge >= 0.3 is 5.97 Å². The first kappa shape index (κ1) is 13.5. The smallest absolute Gasteiger partial charge is 0.335 e. The molecule has 1 unspecified atom stereocenters. The van der Waals surface area contributed by atoms with Crippen LogP contribution in [0.1, 0.15) is 36.2 Å². The van der Waals surface area contributed by atoms with Crippen molar-refractivity contribution in [3.63, 3.8) is 0 Å². The number of fused-ring (bicyclic) bond motifs is 1. The minimum absolute atomic E-state index is 0.184. The number of carboxylic acids is 1. The molecule has 1 aromatic heterocycles. The molecule has 2 rings (SSSR count). The van der Waals surface area contributed by atoms with Crippen molar-refractivity contribution < 1.29 is 14.6 Å². The minimum Gasteiger partial charge on any atom is -0.478 e. The van der Waals surface area contributed by atoms with E-state index in [2.05, 4.69) is 11.9 Å². The van der Waals surface area contributed by atoms with Crippen LogP contribution in [0.2, 0.25) is 0 Å². The van der Waals surface area contributed by atoms with Gasteiger partial charge in [-0.2, -0.15) is 0 Å². The maximum Gasteiger partial charge on any atom is 0.335 e. The van der Waals surface area contributed by atoms with Crippen LogP contribution in [0, 0.1) is 0 Å². The molecule has 0 amide bonds. The number of carbonyl (C=O) groups is 1. The SMILES string of the molecule is CCCC(COC)n1cnc2ccc(C(=O)O)cc21. The van der Waals surface area contributed by atoms with Crippen molar-refractivity contribution in [1.29, 1.82) is 0 Å². The van der Waals surface area contributed by atoms with Crippen LogP contribution in [-0.4, -0.2) is 34.3 Å². The van der Waals surface area contributed by atoms with E-state index < -0.39 is 5.97 Å². The molecule has 0 aliphatic carbocycles. The second-order valence-corrected chi connectivity index (χ2v) is 4.56. The van der Waals surface area contributed by atoms with Gasteiger partial charge in [-0.25, -0.2) is 9.78 Å². The first-order valence-corrected chi connectivity index (χ1v) is 6.36. The molecule has 0 saturated carbocycles. The van der Waals surface area contributed by atoms with Gasteiger partial charge in [0.05, 0.1) is 35.6 Å². The number of nitrogens with zero attached hydrogens (tertiary/aromatic N) is 2. The highest BCUT2D eigenvalue weighted by molar-refractivity contribution is 5.92. The molecule has 0 aliphatic rings. The van der Waals surface area contributed by atoms with Crippen molar-refractivity contribution >= 4 is 17.0 Å². The number of carboxylic acid groups (broad SMARTS) is 1. The first-order chi connectivity index (χ1) is 9.17. The Morgan fingerprint density at radius 3 is 2.95 bits per heavy atom. The summed E-state index contributed by atoms with van der Waals surface area (Å²) in [5.41, 5.74) is 1.93. The highest BCUT2D eigenvalue weighted by atomic mass is 16.5. The monoisotopic (exact) mass is 262 g/mol. The fourth-order valence-electron chi connectivity index (χ4n) is 2.28. The minimum atomic E-state index is -0.923. The van der Waals surface area contributed by atoms with Gasteiger partial charge in [-0.05, 0) is 24.6 Å². The van der Waals surface area contributed by atoms with E-state index in [0.29, 0.717) is 6.61 Å². The Bertz CT molecular complexity index is 571. The number of benzene rings is 1. The Morgan fingerprint density at radius 1 is 1.53 bits per heavy atom. The summed E-state index contributed by atoms with van der Waals surface area (Å²) in [7, 11) is 1.67. The fourth-order valence-corrected chi connectivity index (χ4v) is 2.28. The lowest BCUT2D eigenvalue weighted by atomic mass is 10.1. The Labute approximate surface area is 111 Å². The summed E-state index contributed by atoms with van der Waals surface area (Å²) < 4.78 is 7.25. The van der Waals surface area contributed by atoms with E-state index in [0.717, 1.165) is 23.9 Å². The third-order valence-corrected chi connectivity index (χ3v) is 3.20. The van der Waals surface area contributed by atoms with E-state index in [1.807, 2.05) is 4.57 Å². The second kappa shape index (κ2) is 5.84. The number of hydrogen-bond donors (Lipinski definition) is 1. The van der Waals surface area contributed by atoms with Crippen LogP contribution in [0.25, 0.3) is 11.0 Å². The second-order valence-electron chi connectivity index (χ2n) is 4.56. The predicted molar refractivity (Wildman–Crippen MR) is 72.5 cm³/mol. The zero-order valence-corrected chi connectivity index (χ0v) is 11.2. The molecule has 0 fully saturated rings. The average molecular weight is 262 g/mol. The van der Waals surface area contributed by atoms with Gasteiger partial charge in [0.25, 0.3) is 0 Å². The molecule has 5 nitrogen and oxygen atoms in total. The lowest BCUT2D eigenvalue weighted by molar-refractivity contribution is 0.0697. The molecule has 1 aromatic carbocycles. The van der Waals surface area contributed by atoms with E-state index in [4.69, 9.17) is 9.84 Å². The fraction of sp³-hybridized carbons (Fsp3) is 0.429. The zero-order valence-electron chi connectivity index (χ0n) is 11.2. The van der Waals surface area contributed by atoms with Gasteiger partial charge in [0, 0.05) is 7.11 Å². The number of ether oxygens (including phenoxy) is 1. The van der Waals surface area contributed by atoms with Crippen LogP contribution in [0.15, 0.2) is 24.5 Å². The topological polar surface area (TPSA) is 64.4 Å². The summed E-state index contributed by atoms with van der Waals surface area (Å²) >= 11 is 0. The Balaban J connectivity index is 2.46. The van der Waals surface area contributed by atoms with Gasteiger partial charge in [-0.15, -0.1) is 0 Å². The molecule has 0 saturated heterocycles. The van der Waals surface area contributed by atoms with Crippen LogP contribution in [0.5, 0.6) is 0 Å². The molecule has 0 radical (unpaired) electrons. The molecule has 1 atom stereocenters. The van der Waals surface area contributed by atoms with Crippen molar-refractivity contribution in [1.82, 2.24) is 9.55 Å². The van der Waals surface area contributed by atoms with Crippen molar-refractivity contribution in [2.45, 2.75) is 25.8 Å². The number of hydrogen-bond acceptors (Lipinski definition) is 3. The molecular formula is C14H18N2O3. The molecule has 19 heavy (non-hydrogen) atoms. The molecule has 5 heteroatoms. The molecule has 102 valence electrons. The summed E-state index contributed by atoms with van der Waals surface area (Å²) in [5, 5.41) is 9.06. The molecular weight excluding hydrogens is 244 g/mol. The maximum absolute atomic E-state index is 11.0. The van der Waals surface area contributed by atoms with E-state index >= 15 is 0 Å². The Morgan fingerprint density at radius 2 is 2.32 bits per heavy atom. The van der Waals surface area contributed by atoms with Gasteiger partial charge in [-0.3, -0.25) is 0 Å². The number of aromatic carboxylic acids is 1. The van der Waals surface area contributed by atoms with Gasteiger partial charge in [-0.1, -0.05) is 13.3 Å². The van der Waals surface area contributed by atoms with Gasteiger partial charge in [0.1, 0.15) is 0 Å². The van der Waals surface area contributed by atoms with Crippen molar-refractivity contribution in [2.24, 2.45) is 0 Å². The Kier molecular flexibility index (Phi) is 4.16. The van der Waals surface area contributed by atoms with Crippen LogP contribution in [-0.2, 0) is 4.74 Å². The lowest BCUT2D eigenvalue weighted by Gasteiger charge is -2.18. The molecule has 2 aromatic rings. The maximum atomic E-state index is 11.0. The van der Waals surface area contributed by atoms with E-state index in [9.17, 15) is 4.79 Å². The highest BCUT2D eigenvalue weighted by Gasteiger charge is 2.14. The molecule has 1 N–H and O–H groups in total. The van der Waals surface area contributed by atoms with Crippen molar-refractivity contribution in [3.05, 3.63) is 30.1 Å².